The van der Waals surface area contributed by atoms with Crippen LogP contribution in [0.15, 0.2) is 48.7 Å². The number of rotatable bonds is 6. The van der Waals surface area contributed by atoms with Crippen LogP contribution in [0.25, 0.3) is 0 Å². The van der Waals surface area contributed by atoms with Gasteiger partial charge in [-0.25, -0.2) is 0 Å². The first-order valence-electron chi connectivity index (χ1n) is 7.08. The molecule has 0 bridgehead atoms. The van der Waals surface area contributed by atoms with Gasteiger partial charge in [0.25, 0.3) is 0 Å². The molecular formula is C17H22N2O. The summed E-state index contributed by atoms with van der Waals surface area (Å²) in [5.41, 5.74) is 8.02. The Balaban J connectivity index is 2.30. The molecule has 2 N–H and O–H groups in total. The number of ether oxygens (including phenoxy) is 1. The molecule has 0 saturated carbocycles. The lowest BCUT2D eigenvalue weighted by Crippen LogP contribution is -2.11. The van der Waals surface area contributed by atoms with E-state index in [0.717, 1.165) is 17.9 Å². The largest absolute Gasteiger partial charge is 0.491 e. The molecule has 0 fully saturated rings. The lowest BCUT2D eigenvalue weighted by atomic mass is 9.92. The van der Waals surface area contributed by atoms with Crippen molar-refractivity contribution in [1.29, 1.82) is 0 Å². The molecule has 0 aliphatic heterocycles. The minimum atomic E-state index is 0.174. The Labute approximate surface area is 120 Å². The normalized spacial score (nSPS) is 12.4. The molecule has 3 nitrogen and oxygen atoms in total. The van der Waals surface area contributed by atoms with E-state index < -0.39 is 0 Å². The van der Waals surface area contributed by atoms with E-state index in [9.17, 15) is 0 Å². The zero-order chi connectivity index (χ0) is 14.4. The summed E-state index contributed by atoms with van der Waals surface area (Å²) in [6.07, 6.45) is 2.88. The second kappa shape index (κ2) is 7.06. The third-order valence-corrected chi connectivity index (χ3v) is 3.13. The predicted molar refractivity (Wildman–Crippen MR) is 82.0 cm³/mol. The highest BCUT2D eigenvalue weighted by molar-refractivity contribution is 5.35. The Bertz CT molecular complexity index is 526. The number of nitrogens with two attached hydrogens (primary N) is 1. The molecule has 0 amide bonds. The summed E-state index contributed by atoms with van der Waals surface area (Å²) in [4.78, 5) is 4.47. The molecule has 1 aromatic heterocycles. The van der Waals surface area contributed by atoms with Crippen molar-refractivity contribution < 1.29 is 4.74 Å². The van der Waals surface area contributed by atoms with Gasteiger partial charge in [0.05, 0.1) is 6.10 Å². The smallest absolute Gasteiger partial charge is 0.119 e. The maximum Gasteiger partial charge on any atom is 0.119 e. The van der Waals surface area contributed by atoms with Crippen molar-refractivity contribution >= 4 is 0 Å². The van der Waals surface area contributed by atoms with Gasteiger partial charge in [-0.2, -0.15) is 0 Å². The molecule has 2 rings (SSSR count). The maximum atomic E-state index is 5.77. The lowest BCUT2D eigenvalue weighted by Gasteiger charge is -2.18. The molecule has 0 saturated heterocycles. The summed E-state index contributed by atoms with van der Waals surface area (Å²) in [6, 6.07) is 14.2. The van der Waals surface area contributed by atoms with Gasteiger partial charge in [0.15, 0.2) is 0 Å². The van der Waals surface area contributed by atoms with E-state index in [2.05, 4.69) is 23.2 Å². The molecule has 0 radical (unpaired) electrons. The molecule has 106 valence electrons. The second-order valence-corrected chi connectivity index (χ2v) is 5.12. The van der Waals surface area contributed by atoms with Crippen molar-refractivity contribution in [3.63, 3.8) is 0 Å². The number of hydrogen-bond donors (Lipinski definition) is 1. The first-order valence-corrected chi connectivity index (χ1v) is 7.08. The van der Waals surface area contributed by atoms with Crippen LogP contribution in [0.2, 0.25) is 0 Å². The number of nitrogens with zero attached hydrogens (tertiary/aromatic N) is 1. The highest BCUT2D eigenvalue weighted by atomic mass is 16.5. The summed E-state index contributed by atoms with van der Waals surface area (Å²) < 4.78 is 5.77. The first kappa shape index (κ1) is 14.5. The van der Waals surface area contributed by atoms with Crippen LogP contribution in [0, 0.1) is 0 Å². The van der Waals surface area contributed by atoms with Gasteiger partial charge in [0.1, 0.15) is 5.75 Å². The SMILES string of the molecule is CC(C)Oc1cccc(C(CCN)c2ccccn2)c1. The quantitative estimate of drug-likeness (QED) is 0.875. The zero-order valence-electron chi connectivity index (χ0n) is 12.1. The fourth-order valence-electron chi connectivity index (χ4n) is 2.31. The Morgan fingerprint density at radius 3 is 2.65 bits per heavy atom. The number of benzene rings is 1. The van der Waals surface area contributed by atoms with Crippen molar-refractivity contribution in [1.82, 2.24) is 4.98 Å². The topological polar surface area (TPSA) is 48.1 Å². The van der Waals surface area contributed by atoms with E-state index in [1.54, 1.807) is 0 Å². The van der Waals surface area contributed by atoms with Crippen LogP contribution < -0.4 is 10.5 Å². The van der Waals surface area contributed by atoms with Gasteiger partial charge in [-0.05, 0) is 56.6 Å². The Morgan fingerprint density at radius 2 is 2.00 bits per heavy atom. The fraction of sp³-hybridized carbons (Fsp3) is 0.353. The molecule has 20 heavy (non-hydrogen) atoms. The van der Waals surface area contributed by atoms with Crippen molar-refractivity contribution in [2.24, 2.45) is 5.73 Å². The van der Waals surface area contributed by atoms with Crippen LogP contribution in [-0.4, -0.2) is 17.6 Å². The Morgan fingerprint density at radius 1 is 1.15 bits per heavy atom. The molecule has 3 heteroatoms. The van der Waals surface area contributed by atoms with E-state index in [0.29, 0.717) is 6.54 Å². The average molecular weight is 270 g/mol. The van der Waals surface area contributed by atoms with Crippen molar-refractivity contribution in [3.05, 3.63) is 59.9 Å². The van der Waals surface area contributed by atoms with Crippen LogP contribution in [0.1, 0.15) is 37.4 Å². The van der Waals surface area contributed by atoms with Gasteiger partial charge in [-0.3, -0.25) is 4.98 Å². The summed E-state index contributed by atoms with van der Waals surface area (Å²) in [5.74, 6) is 1.12. The summed E-state index contributed by atoms with van der Waals surface area (Å²) in [6.45, 7) is 4.70. The highest BCUT2D eigenvalue weighted by Gasteiger charge is 2.15. The first-order chi connectivity index (χ1) is 9.70. The van der Waals surface area contributed by atoms with Crippen molar-refractivity contribution in [3.8, 4) is 5.75 Å². The minimum absolute atomic E-state index is 0.174. The van der Waals surface area contributed by atoms with Crippen molar-refractivity contribution in [2.75, 3.05) is 6.54 Å². The van der Waals surface area contributed by atoms with E-state index in [1.165, 1.54) is 5.56 Å². The number of hydrogen-bond acceptors (Lipinski definition) is 3. The molecule has 0 aliphatic carbocycles. The average Bonchev–Trinajstić information content (AvgIpc) is 2.45. The molecule has 1 heterocycles. The lowest BCUT2D eigenvalue weighted by molar-refractivity contribution is 0.242. The van der Waals surface area contributed by atoms with Gasteiger partial charge in [-0.1, -0.05) is 18.2 Å². The van der Waals surface area contributed by atoms with Gasteiger partial charge in [0, 0.05) is 17.8 Å². The second-order valence-electron chi connectivity index (χ2n) is 5.12. The van der Waals surface area contributed by atoms with E-state index >= 15 is 0 Å². The molecule has 0 spiro atoms. The highest BCUT2D eigenvalue weighted by Crippen LogP contribution is 2.28. The fourth-order valence-corrected chi connectivity index (χ4v) is 2.31. The third kappa shape index (κ3) is 3.81. The maximum absolute atomic E-state index is 5.77. The monoisotopic (exact) mass is 270 g/mol. The van der Waals surface area contributed by atoms with E-state index in [-0.39, 0.29) is 12.0 Å². The molecule has 1 aromatic carbocycles. The Hall–Kier alpha value is -1.87. The van der Waals surface area contributed by atoms with Gasteiger partial charge in [0.2, 0.25) is 0 Å². The summed E-state index contributed by atoms with van der Waals surface area (Å²) in [5, 5.41) is 0. The summed E-state index contributed by atoms with van der Waals surface area (Å²) >= 11 is 0. The van der Waals surface area contributed by atoms with Crippen LogP contribution in [0.5, 0.6) is 5.75 Å². The van der Waals surface area contributed by atoms with E-state index in [4.69, 9.17) is 10.5 Å². The van der Waals surface area contributed by atoms with E-state index in [1.807, 2.05) is 44.3 Å². The van der Waals surface area contributed by atoms with Crippen LogP contribution in [0.3, 0.4) is 0 Å². The molecular weight excluding hydrogens is 248 g/mol. The number of aromatic nitrogens is 1. The molecule has 2 aromatic rings. The van der Waals surface area contributed by atoms with Crippen molar-refractivity contribution in [2.45, 2.75) is 32.3 Å². The van der Waals surface area contributed by atoms with Crippen LogP contribution in [0.4, 0.5) is 0 Å². The Kier molecular flexibility index (Phi) is 5.13. The van der Waals surface area contributed by atoms with Gasteiger partial charge < -0.3 is 10.5 Å². The van der Waals surface area contributed by atoms with Gasteiger partial charge in [-0.15, -0.1) is 0 Å². The molecule has 0 aliphatic rings. The third-order valence-electron chi connectivity index (χ3n) is 3.13. The summed E-state index contributed by atoms with van der Waals surface area (Å²) in [7, 11) is 0. The molecule has 1 atom stereocenters. The standard InChI is InChI=1S/C17H22N2O/c1-13(2)20-15-7-5-6-14(12-15)16(9-10-18)17-8-3-4-11-19-17/h3-8,11-13,16H,9-10,18H2,1-2H3. The van der Waals surface area contributed by atoms with Crippen LogP contribution in [-0.2, 0) is 0 Å². The zero-order valence-corrected chi connectivity index (χ0v) is 12.1. The predicted octanol–water partition coefficient (Wildman–Crippen LogP) is 3.35. The number of pyridine rings is 1. The van der Waals surface area contributed by atoms with Gasteiger partial charge >= 0.3 is 0 Å². The van der Waals surface area contributed by atoms with Crippen LogP contribution >= 0.6 is 0 Å². The molecule has 1 unspecified atom stereocenters. The minimum Gasteiger partial charge on any atom is -0.491 e.